The van der Waals surface area contributed by atoms with Crippen LogP contribution in [0.3, 0.4) is 0 Å². The minimum absolute atomic E-state index is 0.131. The number of aryl methyl sites for hydroxylation is 1. The van der Waals surface area contributed by atoms with Crippen molar-refractivity contribution in [2.75, 3.05) is 18.5 Å². The number of alkyl carbamates (subject to hydrolysis) is 1. The molecular formula is C26H28N4O4S2. The van der Waals surface area contributed by atoms with Gasteiger partial charge in [-0.25, -0.2) is 4.79 Å². The van der Waals surface area contributed by atoms with Crippen molar-refractivity contribution in [1.29, 1.82) is 5.26 Å². The van der Waals surface area contributed by atoms with E-state index < -0.39 is 6.09 Å². The summed E-state index contributed by atoms with van der Waals surface area (Å²) in [5, 5.41) is 16.1. The van der Waals surface area contributed by atoms with Crippen molar-refractivity contribution >= 4 is 39.7 Å². The second-order valence-corrected chi connectivity index (χ2v) is 10.5. The Morgan fingerprint density at radius 2 is 2.17 bits per heavy atom. The number of aromatic nitrogens is 1. The molecule has 0 fully saturated rings. The van der Waals surface area contributed by atoms with Crippen LogP contribution in [-0.2, 0) is 35.3 Å². The number of carbonyl (C=O) groups is 2. The first-order valence-electron chi connectivity index (χ1n) is 11.9. The molecule has 36 heavy (non-hydrogen) atoms. The predicted molar refractivity (Wildman–Crippen MR) is 139 cm³/mol. The fourth-order valence-corrected chi connectivity index (χ4v) is 6.04. The van der Waals surface area contributed by atoms with E-state index in [1.807, 2.05) is 31.2 Å². The maximum absolute atomic E-state index is 12.7. The predicted octanol–water partition coefficient (Wildman–Crippen LogP) is 5.08. The molecule has 2 heterocycles. The number of nitriles is 1. The summed E-state index contributed by atoms with van der Waals surface area (Å²) in [5.41, 5.74) is 4.26. The smallest absolute Gasteiger partial charge is 0.407 e. The second-order valence-electron chi connectivity index (χ2n) is 8.44. The van der Waals surface area contributed by atoms with E-state index in [9.17, 15) is 14.9 Å². The number of hydrogen-bond acceptors (Lipinski definition) is 8. The second kappa shape index (κ2) is 12.5. The van der Waals surface area contributed by atoms with E-state index in [0.717, 1.165) is 39.5 Å². The number of hydrogen-bond donors (Lipinski definition) is 2. The van der Waals surface area contributed by atoms with E-state index in [-0.39, 0.29) is 11.8 Å². The van der Waals surface area contributed by atoms with Crippen LogP contribution < -0.4 is 15.4 Å². The van der Waals surface area contributed by atoms with Gasteiger partial charge in [0.1, 0.15) is 16.8 Å². The standard InChI is InChI=1S/C26H28N4O4S2/c1-2-33-22-6-4-3-5-18(22)8-10-24(31)30-25-21(12-27)20-9-7-17(11-23(20)36-25)15-34-26(32)29-14-19-13-28-16-35-19/h3-6,13,16-17H,2,7-11,14-15H2,1H3,(H,29,32)(H,30,31). The van der Waals surface area contributed by atoms with Gasteiger partial charge in [-0.3, -0.25) is 9.78 Å². The number of amides is 2. The topological polar surface area (TPSA) is 113 Å². The molecule has 0 spiro atoms. The lowest BCUT2D eigenvalue weighted by Crippen LogP contribution is -2.27. The number of para-hydroxylation sites is 1. The molecular weight excluding hydrogens is 496 g/mol. The highest BCUT2D eigenvalue weighted by Gasteiger charge is 2.27. The Morgan fingerprint density at radius 1 is 1.31 bits per heavy atom. The Hall–Kier alpha value is -3.42. The average molecular weight is 525 g/mol. The van der Waals surface area contributed by atoms with Gasteiger partial charge >= 0.3 is 6.09 Å². The number of nitrogens with one attached hydrogen (secondary N) is 2. The van der Waals surface area contributed by atoms with Gasteiger partial charge in [0.25, 0.3) is 0 Å². The first kappa shape index (κ1) is 25.7. The SMILES string of the molecule is CCOc1ccccc1CCC(=O)Nc1sc2c(c1C#N)CCC(COC(=O)NCc1cncs1)C2. The zero-order chi connectivity index (χ0) is 25.3. The summed E-state index contributed by atoms with van der Waals surface area (Å²) < 4.78 is 11.1. The van der Waals surface area contributed by atoms with Gasteiger partial charge in [-0.15, -0.1) is 22.7 Å². The summed E-state index contributed by atoms with van der Waals surface area (Å²) in [7, 11) is 0. The number of carbonyl (C=O) groups excluding carboxylic acids is 2. The largest absolute Gasteiger partial charge is 0.494 e. The van der Waals surface area contributed by atoms with Crippen LogP contribution in [-0.4, -0.2) is 30.2 Å². The summed E-state index contributed by atoms with van der Waals surface area (Å²) in [5.74, 6) is 0.840. The van der Waals surface area contributed by atoms with Gasteiger partial charge in [0, 0.05) is 22.4 Å². The Morgan fingerprint density at radius 3 is 2.94 bits per heavy atom. The van der Waals surface area contributed by atoms with E-state index in [1.165, 1.54) is 22.7 Å². The molecule has 4 rings (SSSR count). The quantitative estimate of drug-likeness (QED) is 0.383. The molecule has 1 aliphatic carbocycles. The van der Waals surface area contributed by atoms with Crippen molar-refractivity contribution in [3.63, 3.8) is 0 Å². The Balaban J connectivity index is 1.30. The van der Waals surface area contributed by atoms with Crippen molar-refractivity contribution in [1.82, 2.24) is 10.3 Å². The maximum Gasteiger partial charge on any atom is 0.407 e. The lowest BCUT2D eigenvalue weighted by molar-refractivity contribution is -0.116. The normalized spacial score (nSPS) is 14.4. The summed E-state index contributed by atoms with van der Waals surface area (Å²) in [6.45, 7) is 3.21. The van der Waals surface area contributed by atoms with Gasteiger partial charge in [-0.2, -0.15) is 5.26 Å². The van der Waals surface area contributed by atoms with Gasteiger partial charge in [-0.1, -0.05) is 18.2 Å². The van der Waals surface area contributed by atoms with Crippen LogP contribution in [0.25, 0.3) is 0 Å². The van der Waals surface area contributed by atoms with Crippen LogP contribution in [0.15, 0.2) is 36.0 Å². The molecule has 1 aromatic carbocycles. The van der Waals surface area contributed by atoms with Crippen LogP contribution in [0.2, 0.25) is 0 Å². The molecule has 188 valence electrons. The van der Waals surface area contributed by atoms with E-state index in [0.29, 0.717) is 49.6 Å². The number of thiazole rings is 1. The van der Waals surface area contributed by atoms with Crippen molar-refractivity contribution in [3.8, 4) is 11.8 Å². The third kappa shape index (κ3) is 6.62. The van der Waals surface area contributed by atoms with Gasteiger partial charge < -0.3 is 20.1 Å². The average Bonchev–Trinajstić information content (AvgIpc) is 3.53. The number of thiophene rings is 1. The van der Waals surface area contributed by atoms with Crippen molar-refractivity contribution in [2.24, 2.45) is 5.92 Å². The third-order valence-corrected chi connectivity index (χ3v) is 7.92. The van der Waals surface area contributed by atoms with Gasteiger partial charge in [0.2, 0.25) is 5.91 Å². The fraction of sp³-hybridized carbons (Fsp3) is 0.385. The van der Waals surface area contributed by atoms with Crippen molar-refractivity contribution in [3.05, 3.63) is 62.4 Å². The molecule has 2 aromatic heterocycles. The monoisotopic (exact) mass is 524 g/mol. The molecule has 10 heteroatoms. The van der Waals surface area contributed by atoms with Crippen LogP contribution in [0, 0.1) is 17.2 Å². The summed E-state index contributed by atoms with van der Waals surface area (Å²) in [6, 6.07) is 10.00. The first-order valence-corrected chi connectivity index (χ1v) is 13.6. The Labute approximate surface area is 218 Å². The number of anilines is 1. The number of fused-ring (bicyclic) bond motifs is 1. The number of benzene rings is 1. The van der Waals surface area contributed by atoms with Crippen LogP contribution in [0.1, 0.15) is 46.2 Å². The molecule has 0 bridgehead atoms. The highest BCUT2D eigenvalue weighted by molar-refractivity contribution is 7.16. The minimum Gasteiger partial charge on any atom is -0.494 e. The first-order chi connectivity index (χ1) is 17.6. The maximum atomic E-state index is 12.7. The van der Waals surface area contributed by atoms with Crippen molar-refractivity contribution < 1.29 is 19.1 Å². The molecule has 2 N–H and O–H groups in total. The van der Waals surface area contributed by atoms with Crippen molar-refractivity contribution in [2.45, 2.75) is 45.6 Å². The molecule has 0 saturated carbocycles. The van der Waals surface area contributed by atoms with Gasteiger partial charge in [-0.05, 0) is 55.7 Å². The van der Waals surface area contributed by atoms with E-state index in [4.69, 9.17) is 9.47 Å². The van der Waals surface area contributed by atoms with Gasteiger partial charge in [0.15, 0.2) is 0 Å². The summed E-state index contributed by atoms with van der Waals surface area (Å²) in [4.78, 5) is 30.8. The third-order valence-electron chi connectivity index (χ3n) is 5.97. The zero-order valence-electron chi connectivity index (χ0n) is 20.0. The summed E-state index contributed by atoms with van der Waals surface area (Å²) in [6.07, 6.45) is 4.38. The van der Waals surface area contributed by atoms with E-state index >= 15 is 0 Å². The number of ether oxygens (including phenoxy) is 2. The Kier molecular flexibility index (Phi) is 8.92. The van der Waals surface area contributed by atoms with Crippen LogP contribution in [0.4, 0.5) is 9.80 Å². The Bertz CT molecular complexity index is 1230. The minimum atomic E-state index is -0.447. The molecule has 0 saturated heterocycles. The van der Waals surface area contributed by atoms with Crippen LogP contribution in [0.5, 0.6) is 5.75 Å². The molecule has 2 amide bonds. The van der Waals surface area contributed by atoms with Crippen LogP contribution >= 0.6 is 22.7 Å². The number of nitrogens with zero attached hydrogens (tertiary/aromatic N) is 2. The molecule has 8 nitrogen and oxygen atoms in total. The van der Waals surface area contributed by atoms with Gasteiger partial charge in [0.05, 0.1) is 30.8 Å². The van der Waals surface area contributed by atoms with E-state index in [2.05, 4.69) is 21.7 Å². The molecule has 0 radical (unpaired) electrons. The lowest BCUT2D eigenvalue weighted by Gasteiger charge is -2.21. The number of rotatable bonds is 10. The molecule has 1 atom stereocenters. The molecule has 1 aliphatic rings. The highest BCUT2D eigenvalue weighted by Crippen LogP contribution is 2.39. The summed E-state index contributed by atoms with van der Waals surface area (Å²) >= 11 is 2.93. The molecule has 0 aliphatic heterocycles. The lowest BCUT2D eigenvalue weighted by atomic mass is 9.88. The fourth-order valence-electron chi connectivity index (χ4n) is 4.18. The molecule has 1 unspecified atom stereocenters. The zero-order valence-corrected chi connectivity index (χ0v) is 21.7. The molecule has 3 aromatic rings. The van der Waals surface area contributed by atoms with E-state index in [1.54, 1.807) is 11.7 Å². The highest BCUT2D eigenvalue weighted by atomic mass is 32.1.